The lowest BCUT2D eigenvalue weighted by molar-refractivity contribution is -0.132. The summed E-state index contributed by atoms with van der Waals surface area (Å²) in [7, 11) is 0. The van der Waals surface area contributed by atoms with Gasteiger partial charge in [0.25, 0.3) is 5.78 Å². The number of Topliss-reactive ketones (excluding diaryl/α,β-unsaturated/α-hetero) is 1. The van der Waals surface area contributed by atoms with Crippen molar-refractivity contribution in [1.29, 1.82) is 0 Å². The van der Waals surface area contributed by atoms with Crippen LogP contribution < -0.4 is 14.4 Å². The lowest BCUT2D eigenvalue weighted by Crippen LogP contribution is -2.29. The van der Waals surface area contributed by atoms with Gasteiger partial charge >= 0.3 is 5.91 Å². The maximum absolute atomic E-state index is 13.7. The SMILES string of the molecule is CCCCOc1ccc(/C(O)=C2\C(=O)C(=O)N(c3nnc(SCc4ccc(Cl)cc4)s3)C2c2ccc(OCc3ccccc3)cc2)cc1. The van der Waals surface area contributed by atoms with E-state index in [1.807, 2.05) is 54.6 Å². The molecule has 0 saturated carbocycles. The quantitative estimate of drug-likeness (QED) is 0.0325. The number of rotatable bonds is 13. The minimum absolute atomic E-state index is 0.0387. The Hall–Kier alpha value is -4.64. The minimum Gasteiger partial charge on any atom is -0.507 e. The summed E-state index contributed by atoms with van der Waals surface area (Å²) < 4.78 is 12.4. The van der Waals surface area contributed by atoms with Crippen molar-refractivity contribution >= 4 is 57.3 Å². The number of amides is 1. The summed E-state index contributed by atoms with van der Waals surface area (Å²) in [6, 6.07) is 30.4. The summed E-state index contributed by atoms with van der Waals surface area (Å²) in [6.45, 7) is 3.06. The first-order valence-electron chi connectivity index (χ1n) is 15.4. The van der Waals surface area contributed by atoms with E-state index >= 15 is 0 Å². The van der Waals surface area contributed by atoms with Crippen molar-refractivity contribution in [2.75, 3.05) is 11.5 Å². The molecule has 48 heavy (non-hydrogen) atoms. The fourth-order valence-electron chi connectivity index (χ4n) is 5.12. The molecule has 5 aromatic rings. The third kappa shape index (κ3) is 7.73. The zero-order chi connectivity index (χ0) is 33.5. The standard InChI is InChI=1S/C37H32ClN3O5S2/c1-2-3-21-45-29-19-13-27(14-20-29)33(42)31-32(26-11-17-30(18-12-26)46-22-24-7-5-4-6-8-24)41(35(44)34(31)43)36-39-40-37(48-36)47-23-25-9-15-28(38)16-10-25/h4-20,32,42H,2-3,21-23H2,1H3/b33-31+. The Morgan fingerprint density at radius 2 is 1.56 bits per heavy atom. The van der Waals surface area contributed by atoms with Gasteiger partial charge in [0.05, 0.1) is 18.2 Å². The van der Waals surface area contributed by atoms with Crippen LogP contribution in [0.25, 0.3) is 5.76 Å². The Labute approximate surface area is 292 Å². The van der Waals surface area contributed by atoms with Gasteiger partial charge in [-0.3, -0.25) is 14.5 Å². The molecule has 0 aliphatic carbocycles. The van der Waals surface area contributed by atoms with Gasteiger partial charge in [-0.25, -0.2) is 0 Å². The van der Waals surface area contributed by atoms with Crippen molar-refractivity contribution in [1.82, 2.24) is 10.2 Å². The van der Waals surface area contributed by atoms with Crippen LogP contribution in [-0.4, -0.2) is 33.6 Å². The number of carbonyl (C=O) groups excluding carboxylic acids is 2. The second-order valence-corrected chi connectivity index (χ2v) is 13.6. The van der Waals surface area contributed by atoms with Crippen LogP contribution >= 0.6 is 34.7 Å². The maximum atomic E-state index is 13.7. The van der Waals surface area contributed by atoms with Crippen LogP contribution in [0, 0.1) is 0 Å². The summed E-state index contributed by atoms with van der Waals surface area (Å²) in [5.74, 6) is 0.00541. The van der Waals surface area contributed by atoms with Crippen LogP contribution in [0.1, 0.15) is 48.1 Å². The monoisotopic (exact) mass is 697 g/mol. The van der Waals surface area contributed by atoms with E-state index in [-0.39, 0.29) is 16.5 Å². The van der Waals surface area contributed by atoms with E-state index in [0.29, 0.717) is 51.0 Å². The predicted molar refractivity (Wildman–Crippen MR) is 190 cm³/mol. The molecule has 1 atom stereocenters. The number of aromatic nitrogens is 2. The fourth-order valence-corrected chi connectivity index (χ4v) is 7.06. The third-order valence-corrected chi connectivity index (χ3v) is 10.0. The molecular formula is C37H32ClN3O5S2. The molecule has 1 saturated heterocycles. The van der Waals surface area contributed by atoms with Gasteiger partial charge in [-0.05, 0) is 71.6 Å². The summed E-state index contributed by atoms with van der Waals surface area (Å²) in [4.78, 5) is 28.7. The van der Waals surface area contributed by atoms with Gasteiger partial charge in [-0.1, -0.05) is 103 Å². The zero-order valence-electron chi connectivity index (χ0n) is 26.0. The number of unbranched alkanes of at least 4 members (excludes halogenated alkanes) is 1. The molecule has 1 aromatic heterocycles. The highest BCUT2D eigenvalue weighted by Crippen LogP contribution is 2.44. The van der Waals surface area contributed by atoms with E-state index in [4.69, 9.17) is 21.1 Å². The number of anilines is 1. The number of carbonyl (C=O) groups is 2. The molecular weight excluding hydrogens is 666 g/mol. The number of ketones is 1. The number of aliphatic hydroxyl groups is 1. The van der Waals surface area contributed by atoms with Crippen LogP contribution in [0.2, 0.25) is 5.02 Å². The average molecular weight is 698 g/mol. The number of benzene rings is 4. The molecule has 11 heteroatoms. The summed E-state index contributed by atoms with van der Waals surface area (Å²) >= 11 is 8.69. The first-order chi connectivity index (χ1) is 23.4. The van der Waals surface area contributed by atoms with E-state index < -0.39 is 17.7 Å². The average Bonchev–Trinajstić information content (AvgIpc) is 3.69. The predicted octanol–water partition coefficient (Wildman–Crippen LogP) is 8.87. The number of nitrogens with zero attached hydrogens (tertiary/aromatic N) is 3. The van der Waals surface area contributed by atoms with Gasteiger partial charge in [-0.2, -0.15) is 0 Å². The number of halogens is 1. The van der Waals surface area contributed by atoms with E-state index in [1.165, 1.54) is 28.0 Å². The second kappa shape index (κ2) is 15.5. The van der Waals surface area contributed by atoms with Gasteiger partial charge in [0, 0.05) is 16.3 Å². The number of hydrogen-bond donors (Lipinski definition) is 1. The Kier molecular flexibility index (Phi) is 10.7. The molecule has 1 fully saturated rings. The smallest absolute Gasteiger partial charge is 0.301 e. The van der Waals surface area contributed by atoms with Crippen LogP contribution in [0.5, 0.6) is 11.5 Å². The normalized spacial score (nSPS) is 15.5. The Bertz CT molecular complexity index is 1900. The number of ether oxygens (including phenoxy) is 2. The van der Waals surface area contributed by atoms with E-state index in [9.17, 15) is 14.7 Å². The molecule has 2 heterocycles. The second-order valence-electron chi connectivity index (χ2n) is 11.0. The molecule has 8 nitrogen and oxygen atoms in total. The molecule has 4 aromatic carbocycles. The van der Waals surface area contributed by atoms with Crippen molar-refractivity contribution < 1.29 is 24.2 Å². The van der Waals surface area contributed by atoms with Crippen molar-refractivity contribution in [3.8, 4) is 11.5 Å². The first kappa shape index (κ1) is 33.3. The van der Waals surface area contributed by atoms with Crippen molar-refractivity contribution in [3.63, 3.8) is 0 Å². The van der Waals surface area contributed by atoms with Crippen LogP contribution in [0.4, 0.5) is 5.13 Å². The largest absolute Gasteiger partial charge is 0.507 e. The molecule has 6 rings (SSSR count). The zero-order valence-corrected chi connectivity index (χ0v) is 28.4. The Morgan fingerprint density at radius 3 is 2.27 bits per heavy atom. The summed E-state index contributed by atoms with van der Waals surface area (Å²) in [5.41, 5.74) is 3.03. The molecule has 244 valence electrons. The van der Waals surface area contributed by atoms with Gasteiger partial charge in [0.2, 0.25) is 5.13 Å². The molecule has 1 aliphatic heterocycles. The number of hydrogen-bond acceptors (Lipinski definition) is 9. The fraction of sp³-hybridized carbons (Fsp3) is 0.189. The lowest BCUT2D eigenvalue weighted by Gasteiger charge is -2.22. The van der Waals surface area contributed by atoms with Crippen molar-refractivity contribution in [2.45, 2.75) is 42.5 Å². The highest BCUT2D eigenvalue weighted by Gasteiger charge is 2.48. The Morgan fingerprint density at radius 1 is 0.875 bits per heavy atom. The maximum Gasteiger partial charge on any atom is 0.301 e. The molecule has 0 bridgehead atoms. The van der Waals surface area contributed by atoms with Crippen LogP contribution in [0.3, 0.4) is 0 Å². The van der Waals surface area contributed by atoms with Gasteiger partial charge in [0.1, 0.15) is 23.9 Å². The highest BCUT2D eigenvalue weighted by atomic mass is 35.5. The third-order valence-electron chi connectivity index (χ3n) is 7.66. The van der Waals surface area contributed by atoms with E-state index in [2.05, 4.69) is 17.1 Å². The molecule has 1 N–H and O–H groups in total. The molecule has 0 spiro atoms. The summed E-state index contributed by atoms with van der Waals surface area (Å²) in [6.07, 6.45) is 1.94. The minimum atomic E-state index is -0.948. The van der Waals surface area contributed by atoms with Crippen molar-refractivity contribution in [3.05, 3.63) is 136 Å². The van der Waals surface area contributed by atoms with Gasteiger partial charge < -0.3 is 14.6 Å². The molecule has 1 amide bonds. The highest BCUT2D eigenvalue weighted by molar-refractivity contribution is 8.00. The van der Waals surface area contributed by atoms with Gasteiger partial charge in [0.15, 0.2) is 4.34 Å². The first-order valence-corrected chi connectivity index (χ1v) is 17.6. The van der Waals surface area contributed by atoms with Gasteiger partial charge in [-0.15, -0.1) is 10.2 Å². The molecule has 1 aliphatic rings. The van der Waals surface area contributed by atoms with Crippen LogP contribution in [0.15, 0.2) is 113 Å². The topological polar surface area (TPSA) is 102 Å². The number of thioether (sulfide) groups is 1. The van der Waals surface area contributed by atoms with Crippen LogP contribution in [-0.2, 0) is 21.9 Å². The lowest BCUT2D eigenvalue weighted by atomic mass is 9.95. The Balaban J connectivity index is 1.31. The van der Waals surface area contributed by atoms with E-state index in [1.54, 1.807) is 48.5 Å². The molecule has 0 radical (unpaired) electrons. The van der Waals surface area contributed by atoms with E-state index in [0.717, 1.165) is 24.0 Å². The number of aliphatic hydroxyl groups excluding tert-OH is 1. The summed E-state index contributed by atoms with van der Waals surface area (Å²) in [5, 5.41) is 21.1. The van der Waals surface area contributed by atoms with Crippen molar-refractivity contribution in [2.24, 2.45) is 0 Å². The molecule has 1 unspecified atom stereocenters.